The standard InChI is InChI=1S/C26H25N3O2S2/c1-17-28-23(16-32-17)24-12-11-20(33-24)14-27-25(30)19-8-5-13-29(15-19)26(31)22-10-4-7-18-6-2-3-9-21(18)22/h2-4,6-7,9-12,16,19H,5,8,13-15H2,1H3,(H,27,30). The first-order chi connectivity index (χ1) is 16.1. The first kappa shape index (κ1) is 21.8. The summed E-state index contributed by atoms with van der Waals surface area (Å²) in [7, 11) is 0. The van der Waals surface area contributed by atoms with Gasteiger partial charge in [0.15, 0.2) is 0 Å². The summed E-state index contributed by atoms with van der Waals surface area (Å²) >= 11 is 3.30. The Balaban J connectivity index is 1.22. The number of carbonyl (C=O) groups is 2. The summed E-state index contributed by atoms with van der Waals surface area (Å²) in [6, 6.07) is 17.9. The van der Waals surface area contributed by atoms with E-state index in [4.69, 9.17) is 0 Å². The van der Waals surface area contributed by atoms with Crippen LogP contribution in [0.5, 0.6) is 0 Å². The quantitative estimate of drug-likeness (QED) is 0.414. The van der Waals surface area contributed by atoms with Crippen molar-refractivity contribution < 1.29 is 9.59 Å². The van der Waals surface area contributed by atoms with Gasteiger partial charge < -0.3 is 10.2 Å². The number of aromatic nitrogens is 1. The first-order valence-electron chi connectivity index (χ1n) is 11.1. The Bertz CT molecular complexity index is 1300. The molecule has 33 heavy (non-hydrogen) atoms. The molecule has 0 radical (unpaired) electrons. The molecule has 1 saturated heterocycles. The number of benzene rings is 2. The Morgan fingerprint density at radius 1 is 1.12 bits per heavy atom. The van der Waals surface area contributed by atoms with Crippen LogP contribution < -0.4 is 5.32 Å². The van der Waals surface area contributed by atoms with Gasteiger partial charge in [-0.1, -0.05) is 36.4 Å². The van der Waals surface area contributed by atoms with Crippen molar-refractivity contribution in [2.45, 2.75) is 26.3 Å². The van der Waals surface area contributed by atoms with Gasteiger partial charge in [-0.25, -0.2) is 4.98 Å². The number of aryl methyl sites for hydroxylation is 1. The fraction of sp³-hybridized carbons (Fsp3) is 0.269. The molecule has 0 saturated carbocycles. The number of amides is 2. The Hall–Kier alpha value is -3.03. The van der Waals surface area contributed by atoms with Crippen LogP contribution in [0.15, 0.2) is 60.0 Å². The maximum Gasteiger partial charge on any atom is 0.254 e. The van der Waals surface area contributed by atoms with E-state index in [0.717, 1.165) is 44.1 Å². The highest BCUT2D eigenvalue weighted by Gasteiger charge is 2.29. The monoisotopic (exact) mass is 475 g/mol. The SMILES string of the molecule is Cc1nc(-c2ccc(CNC(=O)C3CCCN(C(=O)c4cccc5ccccc45)C3)s2)cs1. The van der Waals surface area contributed by atoms with E-state index >= 15 is 0 Å². The van der Waals surface area contributed by atoms with E-state index in [1.165, 1.54) is 0 Å². The van der Waals surface area contributed by atoms with E-state index in [1.54, 1.807) is 22.7 Å². The van der Waals surface area contributed by atoms with Crippen LogP contribution in [0.2, 0.25) is 0 Å². The van der Waals surface area contributed by atoms with Gasteiger partial charge in [0.2, 0.25) is 5.91 Å². The number of carbonyl (C=O) groups excluding carboxylic acids is 2. The maximum atomic E-state index is 13.3. The minimum absolute atomic E-state index is 0.00533. The second-order valence-corrected chi connectivity index (χ2v) is 10.6. The number of thiophene rings is 1. The molecule has 1 aliphatic rings. The fourth-order valence-electron chi connectivity index (χ4n) is 4.36. The Morgan fingerprint density at radius 2 is 1.97 bits per heavy atom. The van der Waals surface area contributed by atoms with E-state index in [-0.39, 0.29) is 17.7 Å². The predicted octanol–water partition coefficient (Wildman–Crippen LogP) is 5.50. The largest absolute Gasteiger partial charge is 0.351 e. The van der Waals surface area contributed by atoms with Gasteiger partial charge in [0.25, 0.3) is 5.91 Å². The van der Waals surface area contributed by atoms with Gasteiger partial charge in [0.05, 0.1) is 28.0 Å². The number of nitrogens with one attached hydrogen (secondary N) is 1. The van der Waals surface area contributed by atoms with Crippen molar-refractivity contribution in [1.82, 2.24) is 15.2 Å². The molecule has 4 aromatic rings. The van der Waals surface area contributed by atoms with Gasteiger partial charge >= 0.3 is 0 Å². The van der Waals surface area contributed by atoms with Gasteiger partial charge in [0, 0.05) is 28.9 Å². The van der Waals surface area contributed by atoms with E-state index < -0.39 is 0 Å². The normalized spacial score (nSPS) is 16.2. The van der Waals surface area contributed by atoms with Crippen LogP contribution in [-0.2, 0) is 11.3 Å². The maximum absolute atomic E-state index is 13.3. The molecule has 1 N–H and O–H groups in total. The summed E-state index contributed by atoms with van der Waals surface area (Å²) in [5.74, 6) is -0.158. The average Bonchev–Trinajstić information content (AvgIpc) is 3.50. The molecule has 2 aromatic carbocycles. The van der Waals surface area contributed by atoms with E-state index in [0.29, 0.717) is 25.2 Å². The molecule has 1 unspecified atom stereocenters. The summed E-state index contributed by atoms with van der Waals surface area (Å²) in [5.41, 5.74) is 1.70. The second-order valence-electron chi connectivity index (χ2n) is 8.35. The number of piperidine rings is 1. The van der Waals surface area contributed by atoms with Crippen molar-refractivity contribution in [3.8, 4) is 10.6 Å². The zero-order valence-electron chi connectivity index (χ0n) is 18.4. The highest BCUT2D eigenvalue weighted by atomic mass is 32.1. The van der Waals surface area contributed by atoms with E-state index in [2.05, 4.69) is 21.7 Å². The zero-order valence-corrected chi connectivity index (χ0v) is 20.0. The molecule has 3 heterocycles. The van der Waals surface area contributed by atoms with E-state index in [9.17, 15) is 9.59 Å². The van der Waals surface area contributed by atoms with Gasteiger partial charge in [-0.3, -0.25) is 9.59 Å². The van der Waals surface area contributed by atoms with Crippen LogP contribution in [0.4, 0.5) is 0 Å². The molecule has 5 rings (SSSR count). The van der Waals surface area contributed by atoms with Crippen LogP contribution in [0.25, 0.3) is 21.3 Å². The van der Waals surface area contributed by atoms with E-state index in [1.807, 2.05) is 60.4 Å². The zero-order chi connectivity index (χ0) is 22.8. The van der Waals surface area contributed by atoms with Gasteiger partial charge in [-0.2, -0.15) is 0 Å². The Morgan fingerprint density at radius 3 is 2.82 bits per heavy atom. The van der Waals surface area contributed by atoms with Crippen molar-refractivity contribution in [2.75, 3.05) is 13.1 Å². The van der Waals surface area contributed by atoms with Crippen LogP contribution in [0.3, 0.4) is 0 Å². The number of hydrogen-bond donors (Lipinski definition) is 1. The van der Waals surface area contributed by atoms with Gasteiger partial charge in [-0.15, -0.1) is 22.7 Å². The van der Waals surface area contributed by atoms with Crippen molar-refractivity contribution in [1.29, 1.82) is 0 Å². The number of nitrogens with zero attached hydrogens (tertiary/aromatic N) is 2. The lowest BCUT2D eigenvalue weighted by Crippen LogP contribution is -2.45. The lowest BCUT2D eigenvalue weighted by Gasteiger charge is -2.32. The molecule has 1 aliphatic heterocycles. The molecular formula is C26H25N3O2S2. The Labute approximate surface area is 201 Å². The van der Waals surface area contributed by atoms with Gasteiger partial charge in [-0.05, 0) is 48.7 Å². The lowest BCUT2D eigenvalue weighted by atomic mass is 9.95. The molecule has 2 aromatic heterocycles. The van der Waals surface area contributed by atoms with Crippen molar-refractivity contribution in [3.05, 3.63) is 75.4 Å². The fourth-order valence-corrected chi connectivity index (χ4v) is 5.96. The lowest BCUT2D eigenvalue weighted by molar-refractivity contribution is -0.126. The smallest absolute Gasteiger partial charge is 0.254 e. The topological polar surface area (TPSA) is 62.3 Å². The second kappa shape index (κ2) is 9.45. The summed E-state index contributed by atoms with van der Waals surface area (Å²) in [4.78, 5) is 34.8. The molecule has 168 valence electrons. The van der Waals surface area contributed by atoms with Crippen LogP contribution in [-0.4, -0.2) is 34.8 Å². The van der Waals surface area contributed by atoms with Crippen molar-refractivity contribution >= 4 is 45.3 Å². The van der Waals surface area contributed by atoms with Crippen LogP contribution in [0, 0.1) is 12.8 Å². The predicted molar refractivity (Wildman–Crippen MR) is 135 cm³/mol. The van der Waals surface area contributed by atoms with Crippen molar-refractivity contribution in [2.24, 2.45) is 5.92 Å². The third-order valence-electron chi connectivity index (χ3n) is 6.07. The molecule has 2 amide bonds. The highest BCUT2D eigenvalue weighted by molar-refractivity contribution is 7.16. The minimum atomic E-state index is -0.182. The number of hydrogen-bond acceptors (Lipinski definition) is 5. The summed E-state index contributed by atoms with van der Waals surface area (Å²) in [6.45, 7) is 3.65. The third kappa shape index (κ3) is 4.70. The third-order valence-corrected chi connectivity index (χ3v) is 7.95. The summed E-state index contributed by atoms with van der Waals surface area (Å²) in [5, 5.41) is 8.21. The van der Waals surface area contributed by atoms with Crippen LogP contribution in [0.1, 0.15) is 33.1 Å². The first-order valence-corrected chi connectivity index (χ1v) is 12.8. The number of rotatable bonds is 5. The molecule has 7 heteroatoms. The Kier molecular flexibility index (Phi) is 6.24. The molecule has 0 spiro atoms. The summed E-state index contributed by atoms with van der Waals surface area (Å²) < 4.78 is 0. The molecule has 5 nitrogen and oxygen atoms in total. The number of thiazole rings is 1. The van der Waals surface area contributed by atoms with Crippen LogP contribution >= 0.6 is 22.7 Å². The molecule has 0 aliphatic carbocycles. The van der Waals surface area contributed by atoms with Gasteiger partial charge in [0.1, 0.15) is 0 Å². The average molecular weight is 476 g/mol. The highest BCUT2D eigenvalue weighted by Crippen LogP contribution is 2.29. The molecule has 0 bridgehead atoms. The molecule has 1 fully saturated rings. The number of likely N-dealkylation sites (tertiary alicyclic amines) is 1. The molecular weight excluding hydrogens is 450 g/mol. The van der Waals surface area contributed by atoms with Crippen molar-refractivity contribution in [3.63, 3.8) is 0 Å². The summed E-state index contributed by atoms with van der Waals surface area (Å²) in [6.07, 6.45) is 1.64. The molecule has 1 atom stereocenters. The number of fused-ring (bicyclic) bond motifs is 1. The minimum Gasteiger partial charge on any atom is -0.351 e.